The van der Waals surface area contributed by atoms with Gasteiger partial charge in [-0.2, -0.15) is 0 Å². The topological polar surface area (TPSA) is 57.6 Å². The van der Waals surface area contributed by atoms with E-state index >= 15 is 0 Å². The van der Waals surface area contributed by atoms with Gasteiger partial charge in [0.15, 0.2) is 0 Å². The Labute approximate surface area is 175 Å². The number of aliphatic hydroxyl groups excluding tert-OH is 1. The Hall–Kier alpha value is -2.59. The van der Waals surface area contributed by atoms with Crippen molar-refractivity contribution in [3.63, 3.8) is 0 Å². The molecule has 0 radical (unpaired) electrons. The summed E-state index contributed by atoms with van der Waals surface area (Å²) in [4.78, 5) is 27.2. The molecule has 2 aromatic rings. The number of aryl methyl sites for hydroxylation is 2. The molecule has 4 rings (SSSR count). The lowest BCUT2D eigenvalue weighted by molar-refractivity contribution is -0.139. The number of hydrogen-bond acceptors (Lipinski definition) is 3. The summed E-state index contributed by atoms with van der Waals surface area (Å²) in [5.74, 6) is -1.30. The molecule has 1 amide bonds. The third-order valence-corrected chi connectivity index (χ3v) is 6.06. The number of carbonyl (C=O) groups excluding carboxylic acids is 2. The molecule has 150 valence electrons. The molecule has 1 N–H and O–H groups in total. The summed E-state index contributed by atoms with van der Waals surface area (Å²) in [7, 11) is 0. The van der Waals surface area contributed by atoms with E-state index in [4.69, 9.17) is 11.6 Å². The van der Waals surface area contributed by atoms with Crippen LogP contribution in [-0.2, 0) is 22.4 Å². The highest BCUT2D eigenvalue weighted by Crippen LogP contribution is 2.40. The average Bonchev–Trinajstić information content (AvgIpc) is 2.99. The van der Waals surface area contributed by atoms with Crippen LogP contribution in [0.15, 0.2) is 48.0 Å². The van der Waals surface area contributed by atoms with Crippen molar-refractivity contribution in [2.24, 2.45) is 0 Å². The van der Waals surface area contributed by atoms with E-state index in [-0.39, 0.29) is 11.3 Å². The summed E-state index contributed by atoms with van der Waals surface area (Å²) in [6.07, 6.45) is 5.04. The van der Waals surface area contributed by atoms with Crippen molar-refractivity contribution in [3.8, 4) is 0 Å². The normalized spacial score (nSPS) is 20.8. The molecule has 0 spiro atoms. The maximum atomic E-state index is 12.9. The van der Waals surface area contributed by atoms with Gasteiger partial charge in [-0.25, -0.2) is 0 Å². The zero-order valence-corrected chi connectivity index (χ0v) is 17.2. The van der Waals surface area contributed by atoms with Gasteiger partial charge in [-0.1, -0.05) is 42.8 Å². The first-order valence-corrected chi connectivity index (χ1v) is 10.5. The maximum absolute atomic E-state index is 12.9. The first-order valence-electron chi connectivity index (χ1n) is 10.2. The van der Waals surface area contributed by atoms with Crippen molar-refractivity contribution < 1.29 is 14.7 Å². The van der Waals surface area contributed by atoms with Crippen LogP contribution in [0.25, 0.3) is 5.76 Å². The van der Waals surface area contributed by atoms with Gasteiger partial charge < -0.3 is 10.0 Å². The van der Waals surface area contributed by atoms with Crippen LogP contribution in [0.1, 0.15) is 54.5 Å². The van der Waals surface area contributed by atoms with E-state index in [9.17, 15) is 14.7 Å². The third kappa shape index (κ3) is 3.58. The van der Waals surface area contributed by atoms with Crippen LogP contribution in [0, 0.1) is 0 Å². The number of halogens is 1. The van der Waals surface area contributed by atoms with E-state index in [1.54, 1.807) is 17.0 Å². The van der Waals surface area contributed by atoms with Crippen molar-refractivity contribution >= 4 is 29.1 Å². The minimum Gasteiger partial charge on any atom is -0.507 e. The maximum Gasteiger partial charge on any atom is 0.295 e. The fourth-order valence-electron chi connectivity index (χ4n) is 4.38. The second-order valence-electron chi connectivity index (χ2n) is 7.73. The number of amides is 1. The van der Waals surface area contributed by atoms with E-state index in [1.807, 2.05) is 37.3 Å². The molecular weight excluding hydrogens is 386 g/mol. The minimum atomic E-state index is -0.631. The Morgan fingerprint density at radius 1 is 1.07 bits per heavy atom. The van der Waals surface area contributed by atoms with Gasteiger partial charge >= 0.3 is 0 Å². The molecule has 2 aromatic carbocycles. The number of likely N-dealkylation sites (tertiary alicyclic amines) is 1. The quantitative estimate of drug-likeness (QED) is 0.436. The van der Waals surface area contributed by atoms with Crippen molar-refractivity contribution in [3.05, 3.63) is 75.3 Å². The smallest absolute Gasteiger partial charge is 0.295 e. The third-order valence-electron chi connectivity index (χ3n) is 5.81. The largest absolute Gasteiger partial charge is 0.507 e. The van der Waals surface area contributed by atoms with Crippen LogP contribution < -0.4 is 0 Å². The van der Waals surface area contributed by atoms with E-state index < -0.39 is 17.7 Å². The number of hydrogen-bond donors (Lipinski definition) is 1. The Morgan fingerprint density at radius 3 is 2.45 bits per heavy atom. The number of nitrogens with zero attached hydrogens (tertiary/aromatic N) is 1. The van der Waals surface area contributed by atoms with Crippen LogP contribution in [0.4, 0.5) is 0 Å². The molecule has 5 heteroatoms. The number of fused-ring (bicyclic) bond motifs is 1. The van der Waals surface area contributed by atoms with E-state index in [0.717, 1.165) is 31.2 Å². The second-order valence-corrected chi connectivity index (χ2v) is 8.17. The predicted octanol–water partition coefficient (Wildman–Crippen LogP) is 5.05. The van der Waals surface area contributed by atoms with Gasteiger partial charge in [0.2, 0.25) is 0 Å². The monoisotopic (exact) mass is 409 g/mol. The summed E-state index contributed by atoms with van der Waals surface area (Å²) in [5, 5.41) is 11.7. The molecular formula is C24H24ClNO3. The zero-order chi connectivity index (χ0) is 20.5. The van der Waals surface area contributed by atoms with Gasteiger partial charge in [-0.05, 0) is 67.0 Å². The van der Waals surface area contributed by atoms with Gasteiger partial charge in [-0.15, -0.1) is 0 Å². The molecule has 0 saturated carbocycles. The minimum absolute atomic E-state index is 0.102. The molecule has 1 atom stereocenters. The number of Topliss-reactive ketones (excluding diaryl/α,β-unsaturated/α-hetero) is 1. The summed E-state index contributed by atoms with van der Waals surface area (Å²) in [5.41, 5.74) is 4.03. The van der Waals surface area contributed by atoms with Crippen LogP contribution >= 0.6 is 11.6 Å². The number of benzene rings is 2. The molecule has 4 nitrogen and oxygen atoms in total. The molecule has 1 aliphatic heterocycles. The van der Waals surface area contributed by atoms with E-state index in [2.05, 4.69) is 0 Å². The fourth-order valence-corrected chi connectivity index (χ4v) is 4.51. The van der Waals surface area contributed by atoms with Crippen molar-refractivity contribution in [1.29, 1.82) is 0 Å². The first-order chi connectivity index (χ1) is 14.0. The Kier molecular flexibility index (Phi) is 5.46. The summed E-state index contributed by atoms with van der Waals surface area (Å²) < 4.78 is 0. The second kappa shape index (κ2) is 8.03. The van der Waals surface area contributed by atoms with Crippen LogP contribution in [0.3, 0.4) is 0 Å². The molecule has 1 saturated heterocycles. The lowest BCUT2D eigenvalue weighted by Crippen LogP contribution is -2.30. The molecule has 1 unspecified atom stereocenters. The SMILES string of the molecule is CCCN1C(=O)C(=O)/C(=C(\O)c2ccc3c(c2)CCCC3)C1c1ccc(Cl)cc1. The first kappa shape index (κ1) is 19.7. The number of rotatable bonds is 4. The Balaban J connectivity index is 1.84. The molecule has 1 aliphatic carbocycles. The Bertz CT molecular complexity index is 994. The van der Waals surface area contributed by atoms with E-state index in [1.165, 1.54) is 17.5 Å². The van der Waals surface area contributed by atoms with Crippen LogP contribution in [0.2, 0.25) is 5.02 Å². The molecule has 0 aromatic heterocycles. The van der Waals surface area contributed by atoms with Gasteiger partial charge in [0.25, 0.3) is 11.7 Å². The predicted molar refractivity (Wildman–Crippen MR) is 114 cm³/mol. The zero-order valence-electron chi connectivity index (χ0n) is 16.5. The summed E-state index contributed by atoms with van der Waals surface area (Å²) in [6.45, 7) is 2.40. The van der Waals surface area contributed by atoms with Gasteiger partial charge in [0.1, 0.15) is 5.76 Å². The van der Waals surface area contributed by atoms with Crippen molar-refractivity contribution in [2.75, 3.05) is 6.54 Å². The van der Waals surface area contributed by atoms with Crippen LogP contribution in [-0.4, -0.2) is 28.2 Å². The average molecular weight is 410 g/mol. The molecule has 29 heavy (non-hydrogen) atoms. The molecule has 1 fully saturated rings. The fraction of sp³-hybridized carbons (Fsp3) is 0.333. The summed E-state index contributed by atoms with van der Waals surface area (Å²) in [6, 6.07) is 12.3. The standard InChI is InChI=1S/C24H24ClNO3/c1-2-13-26-21(16-9-11-19(25)12-10-16)20(23(28)24(26)29)22(27)18-8-7-15-5-3-4-6-17(15)14-18/h7-12,14,21,27H,2-6,13H2,1H3/b22-20-. The molecule has 0 bridgehead atoms. The van der Waals surface area contributed by atoms with Crippen molar-refractivity contribution in [2.45, 2.75) is 45.1 Å². The lowest BCUT2D eigenvalue weighted by Gasteiger charge is -2.25. The Morgan fingerprint density at radius 2 is 1.76 bits per heavy atom. The molecule has 2 aliphatic rings. The molecule has 1 heterocycles. The highest BCUT2D eigenvalue weighted by Gasteiger charge is 2.45. The summed E-state index contributed by atoms with van der Waals surface area (Å²) >= 11 is 6.03. The number of aliphatic hydroxyl groups is 1. The van der Waals surface area contributed by atoms with E-state index in [0.29, 0.717) is 17.1 Å². The van der Waals surface area contributed by atoms with Crippen LogP contribution in [0.5, 0.6) is 0 Å². The number of carbonyl (C=O) groups is 2. The van der Waals surface area contributed by atoms with Gasteiger partial charge in [0, 0.05) is 17.1 Å². The van der Waals surface area contributed by atoms with Gasteiger partial charge in [-0.3, -0.25) is 9.59 Å². The number of ketones is 1. The highest BCUT2D eigenvalue weighted by molar-refractivity contribution is 6.46. The van der Waals surface area contributed by atoms with Crippen molar-refractivity contribution in [1.82, 2.24) is 4.90 Å². The van der Waals surface area contributed by atoms with Gasteiger partial charge in [0.05, 0.1) is 11.6 Å². The highest BCUT2D eigenvalue weighted by atomic mass is 35.5. The lowest BCUT2D eigenvalue weighted by atomic mass is 9.88.